The summed E-state index contributed by atoms with van der Waals surface area (Å²) in [5, 5.41) is 3.39. The molecular weight excluding hydrogens is 258 g/mol. The lowest BCUT2D eigenvalue weighted by Gasteiger charge is -2.27. The Balaban J connectivity index is 1.73. The van der Waals surface area contributed by atoms with Gasteiger partial charge in [0.1, 0.15) is 0 Å². The lowest BCUT2D eigenvalue weighted by Crippen LogP contribution is -2.43. The minimum atomic E-state index is 0.908. The monoisotopic (exact) mass is 281 g/mol. The van der Waals surface area contributed by atoms with Gasteiger partial charge in [0.2, 0.25) is 0 Å². The summed E-state index contributed by atoms with van der Waals surface area (Å²) >= 11 is 0. The first-order chi connectivity index (χ1) is 10.3. The molecule has 0 spiro atoms. The maximum Gasteiger partial charge on any atom is 0.0359 e. The van der Waals surface area contributed by atoms with Crippen molar-refractivity contribution in [3.63, 3.8) is 0 Å². The van der Waals surface area contributed by atoms with Crippen molar-refractivity contribution in [2.24, 2.45) is 0 Å². The molecule has 110 valence electrons. The van der Waals surface area contributed by atoms with Crippen LogP contribution in [0.3, 0.4) is 0 Å². The number of anilines is 1. The molecule has 3 rings (SSSR count). The molecule has 0 aliphatic carbocycles. The summed E-state index contributed by atoms with van der Waals surface area (Å²) < 4.78 is 0. The highest BCUT2D eigenvalue weighted by Gasteiger charge is 2.12. The van der Waals surface area contributed by atoms with Crippen LogP contribution in [0, 0.1) is 0 Å². The molecule has 21 heavy (non-hydrogen) atoms. The molecule has 3 heteroatoms. The zero-order valence-corrected chi connectivity index (χ0v) is 12.4. The van der Waals surface area contributed by atoms with Gasteiger partial charge in [-0.05, 0) is 29.2 Å². The minimum Gasteiger partial charge on any atom is -0.398 e. The van der Waals surface area contributed by atoms with E-state index < -0.39 is 0 Å². The molecule has 0 amide bonds. The smallest absolute Gasteiger partial charge is 0.0359 e. The third kappa shape index (κ3) is 3.84. The predicted octanol–water partition coefficient (Wildman–Crippen LogP) is 2.26. The van der Waals surface area contributed by atoms with E-state index in [1.807, 2.05) is 0 Å². The van der Waals surface area contributed by atoms with Gasteiger partial charge in [0.15, 0.2) is 0 Å². The first-order valence-electron chi connectivity index (χ1n) is 7.65. The Morgan fingerprint density at radius 1 is 0.952 bits per heavy atom. The van der Waals surface area contributed by atoms with Crippen molar-refractivity contribution in [2.45, 2.75) is 13.0 Å². The fourth-order valence-electron chi connectivity index (χ4n) is 2.85. The second-order valence-electron chi connectivity index (χ2n) is 5.72. The van der Waals surface area contributed by atoms with Crippen molar-refractivity contribution in [1.29, 1.82) is 0 Å². The van der Waals surface area contributed by atoms with Crippen molar-refractivity contribution < 1.29 is 0 Å². The van der Waals surface area contributed by atoms with Gasteiger partial charge in [-0.2, -0.15) is 0 Å². The van der Waals surface area contributed by atoms with E-state index in [0.29, 0.717) is 0 Å². The van der Waals surface area contributed by atoms with E-state index in [9.17, 15) is 0 Å². The van der Waals surface area contributed by atoms with E-state index >= 15 is 0 Å². The largest absolute Gasteiger partial charge is 0.398 e. The minimum absolute atomic E-state index is 0.908. The van der Waals surface area contributed by atoms with E-state index in [-0.39, 0.29) is 0 Å². The summed E-state index contributed by atoms with van der Waals surface area (Å²) in [6.07, 6.45) is 0.968. The molecule has 0 bridgehead atoms. The molecule has 1 aliphatic heterocycles. The fourth-order valence-corrected chi connectivity index (χ4v) is 2.85. The topological polar surface area (TPSA) is 41.3 Å². The molecule has 0 radical (unpaired) electrons. The first-order valence-corrected chi connectivity index (χ1v) is 7.65. The van der Waals surface area contributed by atoms with Crippen molar-refractivity contribution >= 4 is 5.69 Å². The molecule has 0 atom stereocenters. The van der Waals surface area contributed by atoms with Gasteiger partial charge in [0, 0.05) is 38.4 Å². The predicted molar refractivity (Wildman–Crippen MR) is 88.2 cm³/mol. The first kappa shape index (κ1) is 14.1. The van der Waals surface area contributed by atoms with Crippen LogP contribution < -0.4 is 11.1 Å². The van der Waals surface area contributed by atoms with Crippen molar-refractivity contribution in [1.82, 2.24) is 10.2 Å². The molecule has 3 nitrogen and oxygen atoms in total. The fraction of sp³-hybridized carbons (Fsp3) is 0.333. The number of nitrogens with zero attached hydrogens (tertiary/aromatic N) is 1. The van der Waals surface area contributed by atoms with Gasteiger partial charge in [-0.15, -0.1) is 0 Å². The van der Waals surface area contributed by atoms with Gasteiger partial charge in [-0.1, -0.05) is 42.5 Å². The molecule has 1 saturated heterocycles. The lowest BCUT2D eigenvalue weighted by molar-refractivity contribution is 0.233. The maximum absolute atomic E-state index is 6.16. The number of hydrogen-bond donors (Lipinski definition) is 2. The number of rotatable bonds is 4. The molecule has 0 saturated carbocycles. The van der Waals surface area contributed by atoms with Crippen LogP contribution in [0.15, 0.2) is 48.5 Å². The second-order valence-corrected chi connectivity index (χ2v) is 5.72. The van der Waals surface area contributed by atoms with E-state index in [1.54, 1.807) is 0 Å². The summed E-state index contributed by atoms with van der Waals surface area (Å²) in [6.45, 7) is 5.30. The van der Waals surface area contributed by atoms with Gasteiger partial charge >= 0.3 is 0 Å². The molecule has 2 aromatic rings. The summed E-state index contributed by atoms with van der Waals surface area (Å²) in [6, 6.07) is 17.0. The van der Waals surface area contributed by atoms with Crippen LogP contribution in [0.2, 0.25) is 0 Å². The molecule has 1 heterocycles. The summed E-state index contributed by atoms with van der Waals surface area (Å²) in [5.41, 5.74) is 11.0. The number of nitrogens with one attached hydrogen (secondary N) is 1. The number of piperazine rings is 1. The Morgan fingerprint density at radius 3 is 2.48 bits per heavy atom. The molecule has 0 unspecified atom stereocenters. The molecule has 1 fully saturated rings. The van der Waals surface area contributed by atoms with E-state index in [0.717, 1.165) is 44.8 Å². The second kappa shape index (κ2) is 6.74. The molecule has 0 aromatic heterocycles. The maximum atomic E-state index is 6.16. The third-order valence-corrected chi connectivity index (χ3v) is 4.06. The van der Waals surface area contributed by atoms with Crippen LogP contribution in [-0.2, 0) is 13.0 Å². The quantitative estimate of drug-likeness (QED) is 0.845. The normalized spacial score (nSPS) is 16.0. The van der Waals surface area contributed by atoms with Gasteiger partial charge in [0.05, 0.1) is 0 Å². The highest BCUT2D eigenvalue weighted by molar-refractivity contribution is 5.49. The molecule has 3 N–H and O–H groups in total. The lowest BCUT2D eigenvalue weighted by atomic mass is 10.0. The average molecular weight is 281 g/mol. The Kier molecular flexibility index (Phi) is 4.53. The Hall–Kier alpha value is -1.84. The Labute approximate surface area is 126 Å². The van der Waals surface area contributed by atoms with Crippen LogP contribution in [0.25, 0.3) is 0 Å². The van der Waals surface area contributed by atoms with Crippen molar-refractivity contribution in [3.8, 4) is 0 Å². The summed E-state index contributed by atoms with van der Waals surface area (Å²) in [5.74, 6) is 0. The van der Waals surface area contributed by atoms with Crippen molar-refractivity contribution in [2.75, 3.05) is 31.9 Å². The van der Waals surface area contributed by atoms with Crippen molar-refractivity contribution in [3.05, 3.63) is 65.2 Å². The van der Waals surface area contributed by atoms with Crippen LogP contribution in [0.5, 0.6) is 0 Å². The van der Waals surface area contributed by atoms with Crippen LogP contribution in [0.1, 0.15) is 16.7 Å². The number of benzene rings is 2. The van der Waals surface area contributed by atoms with Gasteiger partial charge in [0.25, 0.3) is 0 Å². The number of nitrogens with two attached hydrogens (primary N) is 1. The summed E-state index contributed by atoms with van der Waals surface area (Å²) in [4.78, 5) is 2.47. The third-order valence-electron chi connectivity index (χ3n) is 4.06. The molecule has 1 aliphatic rings. The highest BCUT2D eigenvalue weighted by Crippen LogP contribution is 2.19. The molecule has 2 aromatic carbocycles. The zero-order chi connectivity index (χ0) is 14.5. The van der Waals surface area contributed by atoms with Crippen LogP contribution in [0.4, 0.5) is 5.69 Å². The zero-order valence-electron chi connectivity index (χ0n) is 12.4. The van der Waals surface area contributed by atoms with E-state index in [4.69, 9.17) is 5.73 Å². The van der Waals surface area contributed by atoms with Gasteiger partial charge in [-0.25, -0.2) is 0 Å². The average Bonchev–Trinajstić information content (AvgIpc) is 2.53. The SMILES string of the molecule is Nc1ccc(Cc2ccccc2)cc1CN1CCNCC1. The number of hydrogen-bond acceptors (Lipinski definition) is 3. The Morgan fingerprint density at radius 2 is 1.71 bits per heavy atom. The van der Waals surface area contributed by atoms with E-state index in [2.05, 4.69) is 58.7 Å². The van der Waals surface area contributed by atoms with Gasteiger partial charge < -0.3 is 11.1 Å². The molecular formula is C18H23N3. The van der Waals surface area contributed by atoms with Crippen LogP contribution in [-0.4, -0.2) is 31.1 Å². The number of nitrogen functional groups attached to an aromatic ring is 1. The van der Waals surface area contributed by atoms with Crippen LogP contribution >= 0.6 is 0 Å². The highest BCUT2D eigenvalue weighted by atomic mass is 15.2. The van der Waals surface area contributed by atoms with Gasteiger partial charge in [-0.3, -0.25) is 4.90 Å². The summed E-state index contributed by atoms with van der Waals surface area (Å²) in [7, 11) is 0. The Bertz CT molecular complexity index is 574. The standard InChI is InChI=1S/C18H23N3/c19-18-7-6-16(12-15-4-2-1-3-5-15)13-17(18)14-21-10-8-20-9-11-21/h1-7,13,20H,8-12,14,19H2. The van der Waals surface area contributed by atoms with E-state index in [1.165, 1.54) is 16.7 Å².